The summed E-state index contributed by atoms with van der Waals surface area (Å²) < 4.78 is 15.9. The van der Waals surface area contributed by atoms with Crippen molar-refractivity contribution in [1.82, 2.24) is 10.6 Å². The number of carbonyl (C=O) groups is 2. The van der Waals surface area contributed by atoms with Crippen molar-refractivity contribution >= 4 is 11.8 Å². The molecule has 1 aliphatic carbocycles. The lowest BCUT2D eigenvalue weighted by molar-refractivity contribution is -0.862. The van der Waals surface area contributed by atoms with Crippen molar-refractivity contribution in [3.63, 3.8) is 0 Å². The molecule has 0 spiro atoms. The van der Waals surface area contributed by atoms with Gasteiger partial charge in [-0.1, -0.05) is 0 Å². The molecule has 1 aliphatic rings. The highest BCUT2D eigenvalue weighted by molar-refractivity contribution is 5.79. The summed E-state index contributed by atoms with van der Waals surface area (Å²) in [5, 5.41) is 5.77. The molecule has 1 aromatic rings. The number of likely N-dealkylation sites (N-methyl/N-ethyl adjacent to an activating group) is 1. The third-order valence-corrected chi connectivity index (χ3v) is 4.08. The normalized spacial score (nSPS) is 14.3. The van der Waals surface area contributed by atoms with Gasteiger partial charge in [-0.05, 0) is 30.5 Å². The first-order valence-corrected chi connectivity index (χ1v) is 8.63. The molecule has 1 fully saturated rings. The van der Waals surface area contributed by atoms with Gasteiger partial charge in [0.15, 0.2) is 24.6 Å². The maximum atomic E-state index is 12.1. The van der Waals surface area contributed by atoms with Crippen LogP contribution >= 0.6 is 0 Å². The summed E-state index contributed by atoms with van der Waals surface area (Å²) in [5.41, 5.74) is 0.831. The van der Waals surface area contributed by atoms with Gasteiger partial charge in [-0.3, -0.25) is 9.59 Å². The molecule has 0 radical (unpaired) electrons. The molecule has 0 aromatic heterocycles. The first-order chi connectivity index (χ1) is 12.5. The van der Waals surface area contributed by atoms with Crippen LogP contribution < -0.4 is 29.7 Å². The molecule has 144 valence electrons. The highest BCUT2D eigenvalue weighted by atomic mass is 16.5. The van der Waals surface area contributed by atoms with Crippen LogP contribution in [0, 0.1) is 0 Å². The van der Waals surface area contributed by atoms with Crippen LogP contribution in [0.15, 0.2) is 12.1 Å². The number of carbonyl (C=O) groups excluding carboxylic acids is 2. The largest absolute Gasteiger partial charge is 0.493 e. The summed E-state index contributed by atoms with van der Waals surface area (Å²) in [6, 6.07) is 3.92. The van der Waals surface area contributed by atoms with Gasteiger partial charge in [0, 0.05) is 12.6 Å². The Morgan fingerprint density at radius 3 is 2.12 bits per heavy atom. The Morgan fingerprint density at radius 2 is 1.62 bits per heavy atom. The highest BCUT2D eigenvalue weighted by Crippen LogP contribution is 2.38. The monoisotopic (exact) mass is 366 g/mol. The molecule has 0 aliphatic heterocycles. The van der Waals surface area contributed by atoms with Crippen molar-refractivity contribution in [2.24, 2.45) is 0 Å². The number of ether oxygens (including phenoxy) is 3. The van der Waals surface area contributed by atoms with E-state index in [1.807, 2.05) is 7.05 Å². The molecular weight excluding hydrogens is 338 g/mol. The fourth-order valence-corrected chi connectivity index (χ4v) is 2.62. The molecule has 0 heterocycles. The molecule has 2 amide bonds. The van der Waals surface area contributed by atoms with Crippen molar-refractivity contribution < 1.29 is 28.7 Å². The van der Waals surface area contributed by atoms with Gasteiger partial charge in [-0.25, -0.2) is 0 Å². The van der Waals surface area contributed by atoms with Crippen LogP contribution in [0.25, 0.3) is 0 Å². The quantitative estimate of drug-likeness (QED) is 0.500. The van der Waals surface area contributed by atoms with Gasteiger partial charge in [0.05, 0.1) is 28.4 Å². The Balaban J connectivity index is 1.85. The summed E-state index contributed by atoms with van der Waals surface area (Å²) in [5.74, 6) is 1.44. The van der Waals surface area contributed by atoms with Crippen LogP contribution in [0.1, 0.15) is 18.4 Å². The molecule has 8 nitrogen and oxygen atoms in total. The molecule has 1 atom stereocenters. The van der Waals surface area contributed by atoms with Crippen LogP contribution in [0.4, 0.5) is 0 Å². The number of quaternary nitrogens is 1. The fraction of sp³-hybridized carbons (Fsp3) is 0.556. The van der Waals surface area contributed by atoms with Gasteiger partial charge >= 0.3 is 0 Å². The zero-order valence-corrected chi connectivity index (χ0v) is 15.8. The topological polar surface area (TPSA) is 90.3 Å². The van der Waals surface area contributed by atoms with Gasteiger partial charge in [0.25, 0.3) is 11.8 Å². The maximum Gasteiger partial charge on any atom is 0.275 e. The first-order valence-electron chi connectivity index (χ1n) is 8.63. The van der Waals surface area contributed by atoms with Crippen LogP contribution in [0.3, 0.4) is 0 Å². The predicted molar refractivity (Wildman–Crippen MR) is 95.7 cm³/mol. The third kappa shape index (κ3) is 5.80. The van der Waals surface area contributed by atoms with Crippen LogP contribution in [0.5, 0.6) is 17.2 Å². The minimum Gasteiger partial charge on any atom is -0.493 e. The lowest BCUT2D eigenvalue weighted by Crippen LogP contribution is -3.11. The van der Waals surface area contributed by atoms with E-state index < -0.39 is 0 Å². The molecule has 0 saturated heterocycles. The molecule has 26 heavy (non-hydrogen) atoms. The van der Waals surface area contributed by atoms with E-state index in [0.717, 1.165) is 23.3 Å². The van der Waals surface area contributed by atoms with Crippen molar-refractivity contribution in [1.29, 1.82) is 0 Å². The number of hydrogen-bond acceptors (Lipinski definition) is 5. The molecule has 1 saturated carbocycles. The van der Waals surface area contributed by atoms with Gasteiger partial charge in [0.1, 0.15) is 0 Å². The van der Waals surface area contributed by atoms with E-state index in [-0.39, 0.29) is 24.9 Å². The number of rotatable bonds is 10. The van der Waals surface area contributed by atoms with E-state index in [0.29, 0.717) is 29.8 Å². The minimum absolute atomic E-state index is 0.0116. The van der Waals surface area contributed by atoms with Crippen LogP contribution in [-0.2, 0) is 16.1 Å². The van der Waals surface area contributed by atoms with E-state index >= 15 is 0 Å². The third-order valence-electron chi connectivity index (χ3n) is 4.08. The molecule has 2 rings (SSSR count). The van der Waals surface area contributed by atoms with E-state index in [1.54, 1.807) is 33.5 Å². The zero-order valence-electron chi connectivity index (χ0n) is 15.8. The highest BCUT2D eigenvalue weighted by Gasteiger charge is 2.25. The summed E-state index contributed by atoms with van der Waals surface area (Å²) >= 11 is 0. The van der Waals surface area contributed by atoms with Crippen molar-refractivity contribution in [2.75, 3.05) is 41.5 Å². The van der Waals surface area contributed by atoms with Gasteiger partial charge < -0.3 is 29.7 Å². The molecule has 3 N–H and O–H groups in total. The molecule has 8 heteroatoms. The zero-order chi connectivity index (χ0) is 19.1. The summed E-state index contributed by atoms with van der Waals surface area (Å²) in [6.07, 6.45) is 2.11. The number of hydrogen-bond donors (Lipinski definition) is 3. The van der Waals surface area contributed by atoms with Crippen LogP contribution in [-0.4, -0.2) is 59.3 Å². The van der Waals surface area contributed by atoms with E-state index in [4.69, 9.17) is 14.2 Å². The Morgan fingerprint density at radius 1 is 1.04 bits per heavy atom. The Labute approximate surface area is 153 Å². The predicted octanol–water partition coefficient (Wildman–Crippen LogP) is -0.878. The van der Waals surface area contributed by atoms with Gasteiger partial charge in [-0.2, -0.15) is 0 Å². The van der Waals surface area contributed by atoms with Crippen LogP contribution in [0.2, 0.25) is 0 Å². The van der Waals surface area contributed by atoms with Gasteiger partial charge in [0.2, 0.25) is 5.75 Å². The lowest BCUT2D eigenvalue weighted by atomic mass is 10.1. The second kappa shape index (κ2) is 9.28. The number of nitrogens with one attached hydrogen (secondary N) is 3. The number of methoxy groups -OCH3 is 3. The number of amides is 2. The van der Waals surface area contributed by atoms with E-state index in [9.17, 15) is 9.59 Å². The molecule has 1 aromatic carbocycles. The second-order valence-electron chi connectivity index (χ2n) is 6.46. The maximum absolute atomic E-state index is 12.1. The average molecular weight is 366 g/mol. The van der Waals surface area contributed by atoms with E-state index in [2.05, 4.69) is 10.6 Å². The second-order valence-corrected chi connectivity index (χ2v) is 6.46. The standard InChI is InChI=1S/C18H27N3O5/c1-21(11-17(23)20-13-5-6-13)10-16(22)19-9-12-7-14(24-2)18(26-4)15(8-12)25-3/h7-8,13H,5-6,9-11H2,1-4H3,(H,19,22)(H,20,23)/p+1. The Bertz CT molecular complexity index is 621. The van der Waals surface area contributed by atoms with Crippen molar-refractivity contribution in [2.45, 2.75) is 25.4 Å². The fourth-order valence-electron chi connectivity index (χ4n) is 2.62. The number of benzene rings is 1. The van der Waals surface area contributed by atoms with E-state index in [1.165, 1.54) is 0 Å². The average Bonchev–Trinajstić information content (AvgIpc) is 3.42. The Hall–Kier alpha value is -2.48. The summed E-state index contributed by atoms with van der Waals surface area (Å²) in [7, 11) is 6.46. The summed E-state index contributed by atoms with van der Waals surface area (Å²) in [6.45, 7) is 0.841. The Kier molecular flexibility index (Phi) is 7.08. The van der Waals surface area contributed by atoms with Gasteiger partial charge in [-0.15, -0.1) is 0 Å². The lowest BCUT2D eigenvalue weighted by Gasteiger charge is -2.15. The molecular formula is C18H28N3O5+. The summed E-state index contributed by atoms with van der Waals surface area (Å²) in [4.78, 5) is 24.7. The smallest absolute Gasteiger partial charge is 0.275 e. The van der Waals surface area contributed by atoms with Crippen molar-refractivity contribution in [3.8, 4) is 17.2 Å². The minimum atomic E-state index is -0.129. The van der Waals surface area contributed by atoms with Crippen molar-refractivity contribution in [3.05, 3.63) is 17.7 Å². The SMILES string of the molecule is COc1cc(CNC(=O)C[NH+](C)CC(=O)NC2CC2)cc(OC)c1OC. The molecule has 1 unspecified atom stereocenters. The first kappa shape index (κ1) is 19.8. The molecule has 0 bridgehead atoms.